The molecule has 0 radical (unpaired) electrons. The monoisotopic (exact) mass is 516 g/mol. The van der Waals surface area contributed by atoms with Crippen LogP contribution in [0.1, 0.15) is 25.2 Å². The maximum absolute atomic E-state index is 12.3. The van der Waals surface area contributed by atoms with Crippen molar-refractivity contribution < 1.29 is 9.53 Å². The molecule has 194 valence electrons. The Bertz CT molecular complexity index is 1780. The number of fused-ring (bicyclic) bond motifs is 2. The lowest BCUT2D eigenvalue weighted by molar-refractivity contribution is -0.114. The zero-order valence-electron chi connectivity index (χ0n) is 22.2. The number of nitrogens with one attached hydrogen (secondary N) is 1. The molecule has 0 saturated carbocycles. The number of nitrogens with zero attached hydrogens (tertiary/aromatic N) is 5. The highest BCUT2D eigenvalue weighted by molar-refractivity contribution is 6.06. The fraction of sp³-hybridized carbons (Fsp3) is 0.161. The minimum Gasteiger partial charge on any atom is -0.479 e. The fourth-order valence-corrected chi connectivity index (χ4v) is 5.46. The van der Waals surface area contributed by atoms with Crippen molar-refractivity contribution in [2.75, 3.05) is 12.4 Å². The van der Waals surface area contributed by atoms with Gasteiger partial charge in [-0.05, 0) is 61.0 Å². The van der Waals surface area contributed by atoms with Gasteiger partial charge in [0, 0.05) is 61.3 Å². The second kappa shape index (κ2) is 9.40. The summed E-state index contributed by atoms with van der Waals surface area (Å²) < 4.78 is 9.75. The van der Waals surface area contributed by atoms with Gasteiger partial charge in [0.25, 0.3) is 0 Å². The Kier molecular flexibility index (Phi) is 5.87. The molecule has 0 aliphatic heterocycles. The Hall–Kier alpha value is -4.98. The summed E-state index contributed by atoms with van der Waals surface area (Å²) in [6.07, 6.45) is 9.46. The maximum Gasteiger partial charge on any atom is 0.238 e. The first-order valence-electron chi connectivity index (χ1n) is 12.7. The van der Waals surface area contributed by atoms with Gasteiger partial charge in [-0.25, -0.2) is 4.98 Å². The van der Waals surface area contributed by atoms with E-state index in [1.165, 1.54) is 6.92 Å². The number of aromatic nitrogens is 5. The molecule has 1 N–H and O–H groups in total. The van der Waals surface area contributed by atoms with Crippen LogP contribution >= 0.6 is 0 Å². The van der Waals surface area contributed by atoms with E-state index in [4.69, 9.17) is 14.7 Å². The fourth-order valence-electron chi connectivity index (χ4n) is 5.46. The standard InChI is InChI=1S/C31H28N6O2/c1-20(38)35-25-17-21(24-19-36(3)29-22(24)11-15-34-30(29)39-4)18-26-23(25)12-16-37(26)31(2,27-9-5-7-13-32-27)28-10-6-8-14-33-28/h5-19H,1-4H3,(H,35,38). The average Bonchev–Trinajstić information content (AvgIpc) is 3.55. The lowest BCUT2D eigenvalue weighted by Crippen LogP contribution is -2.34. The Morgan fingerprint density at radius 1 is 0.923 bits per heavy atom. The molecular weight excluding hydrogens is 488 g/mol. The van der Waals surface area contributed by atoms with E-state index >= 15 is 0 Å². The van der Waals surface area contributed by atoms with Crippen LogP contribution in [0.3, 0.4) is 0 Å². The highest BCUT2D eigenvalue weighted by Crippen LogP contribution is 2.41. The van der Waals surface area contributed by atoms with Gasteiger partial charge in [-0.2, -0.15) is 0 Å². The number of benzene rings is 1. The van der Waals surface area contributed by atoms with Crippen LogP contribution in [0.15, 0.2) is 91.6 Å². The van der Waals surface area contributed by atoms with E-state index in [1.807, 2.05) is 72.4 Å². The zero-order chi connectivity index (χ0) is 27.1. The number of hydrogen-bond donors (Lipinski definition) is 1. The second-order valence-electron chi connectivity index (χ2n) is 9.70. The molecule has 8 heteroatoms. The first-order chi connectivity index (χ1) is 18.9. The van der Waals surface area contributed by atoms with Gasteiger partial charge >= 0.3 is 0 Å². The number of hydrogen-bond acceptors (Lipinski definition) is 5. The summed E-state index contributed by atoms with van der Waals surface area (Å²) in [7, 11) is 3.60. The Balaban J connectivity index is 1.67. The van der Waals surface area contributed by atoms with E-state index in [2.05, 4.69) is 34.1 Å². The van der Waals surface area contributed by atoms with Crippen molar-refractivity contribution in [1.82, 2.24) is 24.1 Å². The van der Waals surface area contributed by atoms with Crippen molar-refractivity contribution >= 4 is 33.4 Å². The number of amides is 1. The number of carbonyl (C=O) groups is 1. The van der Waals surface area contributed by atoms with Crippen molar-refractivity contribution in [3.05, 3.63) is 103 Å². The van der Waals surface area contributed by atoms with Gasteiger partial charge in [-0.1, -0.05) is 12.1 Å². The predicted molar refractivity (Wildman–Crippen MR) is 153 cm³/mol. The summed E-state index contributed by atoms with van der Waals surface area (Å²) in [5.74, 6) is 0.424. The van der Waals surface area contributed by atoms with Gasteiger partial charge in [-0.15, -0.1) is 0 Å². The first-order valence-corrected chi connectivity index (χ1v) is 12.7. The molecule has 5 heterocycles. The molecule has 0 fully saturated rings. The lowest BCUT2D eigenvalue weighted by Gasteiger charge is -2.32. The molecule has 6 aromatic rings. The Labute approximate surface area is 225 Å². The van der Waals surface area contributed by atoms with E-state index in [1.54, 1.807) is 25.7 Å². The number of rotatable bonds is 6. The molecule has 0 atom stereocenters. The van der Waals surface area contributed by atoms with E-state index in [9.17, 15) is 4.79 Å². The van der Waals surface area contributed by atoms with Crippen molar-refractivity contribution in [2.45, 2.75) is 19.4 Å². The number of pyridine rings is 3. The lowest BCUT2D eigenvalue weighted by atomic mass is 9.91. The van der Waals surface area contributed by atoms with Gasteiger partial charge in [-0.3, -0.25) is 14.8 Å². The third-order valence-electron chi connectivity index (χ3n) is 7.29. The molecular formula is C31H28N6O2. The van der Waals surface area contributed by atoms with Crippen LogP contribution in [-0.2, 0) is 17.4 Å². The van der Waals surface area contributed by atoms with Crippen molar-refractivity contribution in [2.24, 2.45) is 7.05 Å². The topological polar surface area (TPSA) is 86.9 Å². The molecule has 0 unspecified atom stereocenters. The molecule has 0 aliphatic carbocycles. The number of anilines is 1. The quantitative estimate of drug-likeness (QED) is 0.304. The summed E-state index contributed by atoms with van der Waals surface area (Å²) in [4.78, 5) is 26.2. The second-order valence-corrected chi connectivity index (χ2v) is 9.70. The minimum atomic E-state index is -0.720. The van der Waals surface area contributed by atoms with Crippen LogP contribution in [-0.4, -0.2) is 37.1 Å². The zero-order valence-corrected chi connectivity index (χ0v) is 22.2. The Morgan fingerprint density at radius 2 is 1.64 bits per heavy atom. The summed E-state index contributed by atoms with van der Waals surface area (Å²) in [6, 6.07) is 20.0. The van der Waals surface area contributed by atoms with Gasteiger partial charge in [0.15, 0.2) is 0 Å². The first kappa shape index (κ1) is 24.4. The SMILES string of the molecule is COc1nccc2c(-c3cc(NC(C)=O)c4ccn(C(C)(c5ccccn5)c5ccccn5)c4c3)cn(C)c12. The number of ether oxygens (including phenoxy) is 1. The molecule has 5 aromatic heterocycles. The van der Waals surface area contributed by atoms with Crippen LogP contribution in [0.4, 0.5) is 5.69 Å². The van der Waals surface area contributed by atoms with Crippen LogP contribution in [0.2, 0.25) is 0 Å². The van der Waals surface area contributed by atoms with E-state index in [0.29, 0.717) is 5.88 Å². The van der Waals surface area contributed by atoms with Gasteiger partial charge in [0.2, 0.25) is 11.8 Å². The third kappa shape index (κ3) is 3.92. The Morgan fingerprint density at radius 3 is 2.26 bits per heavy atom. The molecule has 0 bridgehead atoms. The van der Waals surface area contributed by atoms with E-state index in [0.717, 1.165) is 50.0 Å². The molecule has 1 aromatic carbocycles. The summed E-state index contributed by atoms with van der Waals surface area (Å²) >= 11 is 0. The highest BCUT2D eigenvalue weighted by atomic mass is 16.5. The van der Waals surface area contributed by atoms with Crippen LogP contribution in [0.25, 0.3) is 32.9 Å². The summed E-state index contributed by atoms with van der Waals surface area (Å²) in [5, 5.41) is 4.98. The van der Waals surface area contributed by atoms with E-state index in [-0.39, 0.29) is 5.91 Å². The van der Waals surface area contributed by atoms with Crippen LogP contribution in [0, 0.1) is 0 Å². The normalized spacial score (nSPS) is 11.7. The van der Waals surface area contributed by atoms with Crippen LogP contribution < -0.4 is 10.1 Å². The molecule has 1 amide bonds. The molecule has 8 nitrogen and oxygen atoms in total. The van der Waals surface area contributed by atoms with Gasteiger partial charge in [0.1, 0.15) is 11.1 Å². The molecule has 39 heavy (non-hydrogen) atoms. The molecule has 0 saturated heterocycles. The van der Waals surface area contributed by atoms with Gasteiger partial charge < -0.3 is 19.2 Å². The minimum absolute atomic E-state index is 0.137. The van der Waals surface area contributed by atoms with Crippen molar-refractivity contribution in [1.29, 1.82) is 0 Å². The predicted octanol–water partition coefficient (Wildman–Crippen LogP) is 5.76. The van der Waals surface area contributed by atoms with Gasteiger partial charge in [0.05, 0.1) is 29.7 Å². The number of carbonyl (C=O) groups excluding carboxylic acids is 1. The molecule has 6 rings (SSSR count). The highest BCUT2D eigenvalue weighted by Gasteiger charge is 2.35. The molecule has 0 aliphatic rings. The smallest absolute Gasteiger partial charge is 0.238 e. The largest absolute Gasteiger partial charge is 0.479 e. The summed E-state index contributed by atoms with van der Waals surface area (Å²) in [5.41, 5.74) is 5.52. The molecule has 0 spiro atoms. The third-order valence-corrected chi connectivity index (χ3v) is 7.29. The average molecular weight is 517 g/mol. The maximum atomic E-state index is 12.3. The summed E-state index contributed by atoms with van der Waals surface area (Å²) in [6.45, 7) is 3.64. The van der Waals surface area contributed by atoms with Crippen molar-refractivity contribution in [3.8, 4) is 17.0 Å². The number of aryl methyl sites for hydroxylation is 1. The van der Waals surface area contributed by atoms with Crippen LogP contribution in [0.5, 0.6) is 5.88 Å². The van der Waals surface area contributed by atoms with E-state index < -0.39 is 5.54 Å². The number of methoxy groups -OCH3 is 1. The van der Waals surface area contributed by atoms with Crippen molar-refractivity contribution in [3.63, 3.8) is 0 Å².